The molecule has 0 unspecified atom stereocenters. The Bertz CT molecular complexity index is 1790. The van der Waals surface area contributed by atoms with Gasteiger partial charge in [-0.15, -0.1) is 16.4 Å². The number of rotatable bonds is 5. The lowest BCUT2D eigenvalue weighted by molar-refractivity contribution is 0.0730. The van der Waals surface area contributed by atoms with E-state index in [0.717, 1.165) is 10.6 Å². The minimum absolute atomic E-state index is 0.175. The van der Waals surface area contributed by atoms with Crippen LogP contribution in [0, 0.1) is 0 Å². The maximum atomic E-state index is 13.2. The van der Waals surface area contributed by atoms with Crippen molar-refractivity contribution in [2.75, 3.05) is 26.3 Å². The average molecular weight is 571 g/mol. The van der Waals surface area contributed by atoms with Crippen molar-refractivity contribution in [3.05, 3.63) is 74.7 Å². The fourth-order valence-electron chi connectivity index (χ4n) is 3.93. The Hall–Kier alpha value is -3.00. The summed E-state index contributed by atoms with van der Waals surface area (Å²) >= 11 is 9.04. The van der Waals surface area contributed by atoms with Crippen molar-refractivity contribution in [2.45, 2.75) is 4.90 Å². The first-order valence-electron chi connectivity index (χ1n) is 11.3. The quantitative estimate of drug-likeness (QED) is 0.231. The summed E-state index contributed by atoms with van der Waals surface area (Å²) in [4.78, 5) is 12.0. The van der Waals surface area contributed by atoms with E-state index in [4.69, 9.17) is 26.3 Å². The molecule has 0 bridgehead atoms. The number of hydrogen-bond acceptors (Lipinski definition) is 9. The topological polar surface area (TPSA) is 102 Å². The number of thiazole rings is 1. The molecular formula is C24H19ClN6O3S3. The molecule has 1 fully saturated rings. The number of nitrogens with zero attached hydrogens (tertiary/aromatic N) is 6. The molecule has 13 heteroatoms. The van der Waals surface area contributed by atoms with Crippen LogP contribution in [0.5, 0.6) is 0 Å². The summed E-state index contributed by atoms with van der Waals surface area (Å²) in [6, 6.07) is 16.0. The second-order valence-corrected chi connectivity index (χ2v) is 12.4. The molecule has 0 amide bonds. The summed E-state index contributed by atoms with van der Waals surface area (Å²) in [7, 11) is -3.67. The highest BCUT2D eigenvalue weighted by Gasteiger charge is 2.27. The Labute approximate surface area is 225 Å². The monoisotopic (exact) mass is 570 g/mol. The Kier molecular flexibility index (Phi) is 6.61. The number of sulfonamides is 1. The molecule has 188 valence electrons. The number of hydrogen-bond donors (Lipinski definition) is 0. The van der Waals surface area contributed by atoms with E-state index in [1.807, 2.05) is 34.2 Å². The molecule has 1 aliphatic heterocycles. The molecule has 0 saturated carbocycles. The van der Waals surface area contributed by atoms with Gasteiger partial charge < -0.3 is 4.74 Å². The Morgan fingerprint density at radius 2 is 1.84 bits per heavy atom. The second kappa shape index (κ2) is 10.0. The van der Waals surface area contributed by atoms with E-state index in [-0.39, 0.29) is 4.90 Å². The normalized spacial score (nSPS) is 15.9. The van der Waals surface area contributed by atoms with Gasteiger partial charge in [0.05, 0.1) is 41.0 Å². The van der Waals surface area contributed by atoms with Crippen molar-refractivity contribution in [1.82, 2.24) is 18.8 Å². The number of fused-ring (bicyclic) bond motifs is 2. The summed E-state index contributed by atoms with van der Waals surface area (Å²) in [5, 5.41) is 11.3. The average Bonchev–Trinajstić information content (AvgIpc) is 3.56. The number of aromatic nitrogens is 3. The largest absolute Gasteiger partial charge is 0.379 e. The molecule has 9 nitrogen and oxygen atoms in total. The molecule has 5 aromatic rings. The molecule has 6 rings (SSSR count). The van der Waals surface area contributed by atoms with Gasteiger partial charge in [-0.1, -0.05) is 29.0 Å². The number of morpholine rings is 1. The summed E-state index contributed by atoms with van der Waals surface area (Å²) in [6.07, 6.45) is 1.70. The molecule has 0 N–H and O–H groups in total. The Morgan fingerprint density at radius 1 is 1.03 bits per heavy atom. The summed E-state index contributed by atoms with van der Waals surface area (Å²) < 4.78 is 35.0. The minimum Gasteiger partial charge on any atom is -0.379 e. The van der Waals surface area contributed by atoms with E-state index < -0.39 is 10.0 Å². The van der Waals surface area contributed by atoms with E-state index in [1.165, 1.54) is 15.6 Å². The fraction of sp³-hybridized carbons (Fsp3) is 0.167. The Morgan fingerprint density at radius 3 is 2.59 bits per heavy atom. The summed E-state index contributed by atoms with van der Waals surface area (Å²) in [5.41, 5.74) is 2.39. The van der Waals surface area contributed by atoms with Crippen LogP contribution in [0.25, 0.3) is 27.2 Å². The van der Waals surface area contributed by atoms with E-state index in [1.54, 1.807) is 47.9 Å². The van der Waals surface area contributed by atoms with Crippen LogP contribution in [0.15, 0.2) is 75.1 Å². The van der Waals surface area contributed by atoms with Gasteiger partial charge in [-0.05, 0) is 53.9 Å². The SMILES string of the molecule is O=S(=O)(c1ccc2nc3s/c(=N/N=C\c4cccs4)n(-c4ccc(Cl)cc4)c3nc2c1)N1CCOCC1. The molecule has 0 radical (unpaired) electrons. The molecule has 4 heterocycles. The number of halogens is 1. The number of thiophene rings is 1. The van der Waals surface area contributed by atoms with Gasteiger partial charge in [-0.3, -0.25) is 4.57 Å². The van der Waals surface area contributed by atoms with Crippen molar-refractivity contribution < 1.29 is 13.2 Å². The first-order valence-corrected chi connectivity index (χ1v) is 14.8. The van der Waals surface area contributed by atoms with Crippen LogP contribution in [0.2, 0.25) is 5.02 Å². The second-order valence-electron chi connectivity index (χ2n) is 8.08. The van der Waals surface area contributed by atoms with Crippen molar-refractivity contribution in [3.63, 3.8) is 0 Å². The van der Waals surface area contributed by atoms with Gasteiger partial charge in [0.1, 0.15) is 0 Å². The Balaban J connectivity index is 1.51. The first-order chi connectivity index (χ1) is 18.0. The molecule has 37 heavy (non-hydrogen) atoms. The molecular weight excluding hydrogens is 552 g/mol. The molecule has 1 aliphatic rings. The predicted molar refractivity (Wildman–Crippen MR) is 146 cm³/mol. The van der Waals surface area contributed by atoms with Gasteiger partial charge >= 0.3 is 0 Å². The van der Waals surface area contributed by atoms with Gasteiger partial charge in [-0.25, -0.2) is 18.4 Å². The lowest BCUT2D eigenvalue weighted by Crippen LogP contribution is -2.40. The lowest BCUT2D eigenvalue weighted by Gasteiger charge is -2.26. The molecule has 2 aromatic carbocycles. The van der Waals surface area contributed by atoms with Crippen molar-refractivity contribution in [3.8, 4) is 5.69 Å². The third-order valence-electron chi connectivity index (χ3n) is 5.74. The first kappa shape index (κ1) is 24.3. The van der Waals surface area contributed by atoms with E-state index in [9.17, 15) is 8.42 Å². The minimum atomic E-state index is -3.67. The number of ether oxygens (including phenoxy) is 1. The zero-order chi connectivity index (χ0) is 25.4. The van der Waals surface area contributed by atoms with E-state index >= 15 is 0 Å². The molecule has 0 spiro atoms. The van der Waals surface area contributed by atoms with Crippen LogP contribution in [-0.2, 0) is 14.8 Å². The van der Waals surface area contributed by atoms with Gasteiger partial charge in [0.15, 0.2) is 10.5 Å². The summed E-state index contributed by atoms with van der Waals surface area (Å²) in [6.45, 7) is 1.40. The molecule has 3 aromatic heterocycles. The molecule has 0 aliphatic carbocycles. The van der Waals surface area contributed by atoms with Gasteiger partial charge in [0.2, 0.25) is 14.8 Å². The van der Waals surface area contributed by atoms with Crippen LogP contribution in [0.4, 0.5) is 0 Å². The maximum absolute atomic E-state index is 13.2. The molecule has 1 saturated heterocycles. The van der Waals surface area contributed by atoms with Crippen LogP contribution in [0.1, 0.15) is 4.88 Å². The van der Waals surface area contributed by atoms with Crippen LogP contribution < -0.4 is 4.80 Å². The fourth-order valence-corrected chi connectivity index (χ4v) is 6.98. The predicted octanol–water partition coefficient (Wildman–Crippen LogP) is 4.31. The smallest absolute Gasteiger partial charge is 0.243 e. The highest BCUT2D eigenvalue weighted by Crippen LogP contribution is 2.25. The van der Waals surface area contributed by atoms with Crippen LogP contribution in [-0.4, -0.2) is 59.8 Å². The third kappa shape index (κ3) is 4.83. The van der Waals surface area contributed by atoms with Crippen LogP contribution in [0.3, 0.4) is 0 Å². The third-order valence-corrected chi connectivity index (χ3v) is 9.61. The van der Waals surface area contributed by atoms with Crippen molar-refractivity contribution in [2.24, 2.45) is 10.2 Å². The lowest BCUT2D eigenvalue weighted by atomic mass is 10.3. The van der Waals surface area contributed by atoms with Crippen molar-refractivity contribution in [1.29, 1.82) is 0 Å². The van der Waals surface area contributed by atoms with Gasteiger partial charge in [0.25, 0.3) is 0 Å². The molecule has 0 atom stereocenters. The zero-order valence-electron chi connectivity index (χ0n) is 19.2. The summed E-state index contributed by atoms with van der Waals surface area (Å²) in [5.74, 6) is 0. The standard InChI is InChI=1S/C24H19ClN6O3S3/c25-16-3-5-17(6-4-16)31-22-23(36-24(31)29-26-15-18-2-1-13-35-18)28-20-8-7-19(14-21(20)27-22)37(32,33)30-9-11-34-12-10-30/h1-8,13-15H,9-12H2/b26-15-,29-24+. The maximum Gasteiger partial charge on any atom is 0.243 e. The van der Waals surface area contributed by atoms with E-state index in [2.05, 4.69) is 10.2 Å². The number of benzene rings is 2. The van der Waals surface area contributed by atoms with E-state index in [0.29, 0.717) is 57.6 Å². The highest BCUT2D eigenvalue weighted by atomic mass is 35.5. The van der Waals surface area contributed by atoms with Crippen molar-refractivity contribution >= 4 is 72.0 Å². The zero-order valence-corrected chi connectivity index (χ0v) is 22.4. The van der Waals surface area contributed by atoms with Gasteiger partial charge in [0, 0.05) is 23.0 Å². The van der Waals surface area contributed by atoms with Gasteiger partial charge in [-0.2, -0.15) is 9.41 Å². The highest BCUT2D eigenvalue weighted by molar-refractivity contribution is 7.89. The van der Waals surface area contributed by atoms with Crippen LogP contribution >= 0.6 is 34.3 Å².